The summed E-state index contributed by atoms with van der Waals surface area (Å²) in [4.78, 5) is 23.1. The molecule has 1 aromatic carbocycles. The van der Waals surface area contributed by atoms with E-state index in [0.29, 0.717) is 18.7 Å². The third-order valence-corrected chi connectivity index (χ3v) is 4.53. The van der Waals surface area contributed by atoms with Crippen molar-refractivity contribution >= 4 is 22.8 Å². The number of fused-ring (bicyclic) bond motifs is 1. The average molecular weight is 354 g/mol. The van der Waals surface area contributed by atoms with Crippen molar-refractivity contribution in [2.75, 3.05) is 24.5 Å². The van der Waals surface area contributed by atoms with Crippen molar-refractivity contribution in [2.24, 2.45) is 0 Å². The van der Waals surface area contributed by atoms with Crippen LogP contribution in [0.1, 0.15) is 23.2 Å². The molecule has 3 heterocycles. The number of aromatic nitrogens is 4. The zero-order valence-corrected chi connectivity index (χ0v) is 14.2. The lowest BCUT2D eigenvalue weighted by Gasteiger charge is -2.16. The molecule has 1 aliphatic rings. The normalized spacial score (nSPS) is 14.1. The predicted octanol–water partition coefficient (Wildman–Crippen LogP) is 2.00. The molecule has 0 saturated carbocycles. The molecule has 1 amide bonds. The van der Waals surface area contributed by atoms with Gasteiger partial charge in [0.2, 0.25) is 0 Å². The minimum atomic E-state index is -0.363. The summed E-state index contributed by atoms with van der Waals surface area (Å²) in [5.41, 5.74) is 1.19. The summed E-state index contributed by atoms with van der Waals surface area (Å²) in [5.74, 6) is 0.320. The molecule has 0 aliphatic carbocycles. The first kappa shape index (κ1) is 16.4. The molecule has 4 rings (SSSR count). The first-order valence-electron chi connectivity index (χ1n) is 8.67. The van der Waals surface area contributed by atoms with Gasteiger partial charge < -0.3 is 10.2 Å². The van der Waals surface area contributed by atoms with Gasteiger partial charge in [-0.1, -0.05) is 0 Å². The molecule has 7 nitrogen and oxygen atoms in total. The number of nitrogens with zero attached hydrogens (tertiary/aromatic N) is 5. The van der Waals surface area contributed by atoms with Crippen LogP contribution in [-0.2, 0) is 6.54 Å². The van der Waals surface area contributed by atoms with Crippen LogP contribution in [0, 0.1) is 5.82 Å². The van der Waals surface area contributed by atoms with E-state index in [1.54, 1.807) is 17.2 Å². The SMILES string of the molecule is O=C(NCCn1ncc2c(N3CCCC3)ncnc21)c1ccc(F)cc1. The highest BCUT2D eigenvalue weighted by Gasteiger charge is 2.18. The molecular weight excluding hydrogens is 335 g/mol. The van der Waals surface area contributed by atoms with Gasteiger partial charge in [0.15, 0.2) is 5.65 Å². The Kier molecular flexibility index (Phi) is 4.47. The van der Waals surface area contributed by atoms with Crippen LogP contribution in [0.25, 0.3) is 11.0 Å². The van der Waals surface area contributed by atoms with Crippen molar-refractivity contribution in [3.8, 4) is 0 Å². The summed E-state index contributed by atoms with van der Waals surface area (Å²) in [6.07, 6.45) is 5.69. The van der Waals surface area contributed by atoms with E-state index in [-0.39, 0.29) is 11.7 Å². The Morgan fingerprint density at radius 2 is 1.92 bits per heavy atom. The van der Waals surface area contributed by atoms with Crippen molar-refractivity contribution in [2.45, 2.75) is 19.4 Å². The van der Waals surface area contributed by atoms with Gasteiger partial charge in [0.25, 0.3) is 5.91 Å². The minimum absolute atomic E-state index is 0.242. The Balaban J connectivity index is 1.44. The number of carbonyl (C=O) groups excluding carboxylic acids is 1. The number of benzene rings is 1. The topological polar surface area (TPSA) is 75.9 Å². The molecule has 3 aromatic rings. The summed E-state index contributed by atoms with van der Waals surface area (Å²) < 4.78 is 14.7. The minimum Gasteiger partial charge on any atom is -0.356 e. The van der Waals surface area contributed by atoms with Crippen molar-refractivity contribution in [1.29, 1.82) is 0 Å². The van der Waals surface area contributed by atoms with Crippen LogP contribution in [0.4, 0.5) is 10.2 Å². The molecule has 1 aliphatic heterocycles. The van der Waals surface area contributed by atoms with Crippen LogP contribution >= 0.6 is 0 Å². The molecule has 8 heteroatoms. The Hall–Kier alpha value is -3.03. The molecule has 0 bridgehead atoms. The van der Waals surface area contributed by atoms with Gasteiger partial charge in [-0.2, -0.15) is 5.10 Å². The third-order valence-electron chi connectivity index (χ3n) is 4.53. The van der Waals surface area contributed by atoms with Gasteiger partial charge in [0, 0.05) is 25.2 Å². The zero-order valence-electron chi connectivity index (χ0n) is 14.2. The van der Waals surface area contributed by atoms with Gasteiger partial charge >= 0.3 is 0 Å². The monoisotopic (exact) mass is 354 g/mol. The highest BCUT2D eigenvalue weighted by molar-refractivity contribution is 5.94. The van der Waals surface area contributed by atoms with Crippen LogP contribution in [-0.4, -0.2) is 45.3 Å². The van der Waals surface area contributed by atoms with Gasteiger partial charge in [-0.3, -0.25) is 4.79 Å². The summed E-state index contributed by atoms with van der Waals surface area (Å²) in [7, 11) is 0. The number of rotatable bonds is 5. The van der Waals surface area contributed by atoms with E-state index in [1.165, 1.54) is 37.1 Å². The molecule has 1 N–H and O–H groups in total. The number of halogens is 1. The van der Waals surface area contributed by atoms with Crippen molar-refractivity contribution in [1.82, 2.24) is 25.1 Å². The second-order valence-corrected chi connectivity index (χ2v) is 6.26. The molecule has 2 aromatic heterocycles. The molecule has 134 valence electrons. The Labute approximate surface area is 149 Å². The van der Waals surface area contributed by atoms with E-state index in [0.717, 1.165) is 29.9 Å². The number of anilines is 1. The lowest BCUT2D eigenvalue weighted by molar-refractivity contribution is 0.0952. The number of hydrogen-bond acceptors (Lipinski definition) is 5. The van der Waals surface area contributed by atoms with Gasteiger partial charge in [-0.15, -0.1) is 0 Å². The summed E-state index contributed by atoms with van der Waals surface area (Å²) in [6, 6.07) is 5.46. The smallest absolute Gasteiger partial charge is 0.251 e. The lowest BCUT2D eigenvalue weighted by atomic mass is 10.2. The first-order valence-corrected chi connectivity index (χ1v) is 8.67. The second kappa shape index (κ2) is 7.07. The fourth-order valence-electron chi connectivity index (χ4n) is 3.20. The van der Waals surface area contributed by atoms with Crippen LogP contribution in [0.2, 0.25) is 0 Å². The summed E-state index contributed by atoms with van der Waals surface area (Å²) in [6.45, 7) is 2.90. The number of nitrogens with one attached hydrogen (secondary N) is 1. The highest BCUT2D eigenvalue weighted by atomic mass is 19.1. The maximum atomic E-state index is 12.9. The largest absolute Gasteiger partial charge is 0.356 e. The molecule has 0 spiro atoms. The first-order chi connectivity index (χ1) is 12.7. The molecule has 1 saturated heterocycles. The van der Waals surface area contributed by atoms with E-state index in [2.05, 4.69) is 25.3 Å². The summed E-state index contributed by atoms with van der Waals surface area (Å²) in [5, 5.41) is 8.14. The van der Waals surface area contributed by atoms with E-state index in [4.69, 9.17) is 0 Å². The maximum Gasteiger partial charge on any atom is 0.251 e. The molecule has 26 heavy (non-hydrogen) atoms. The van der Waals surface area contributed by atoms with Gasteiger partial charge in [-0.05, 0) is 37.1 Å². The van der Waals surface area contributed by atoms with Crippen molar-refractivity contribution in [3.05, 3.63) is 48.2 Å². The average Bonchev–Trinajstić information content (AvgIpc) is 3.32. The molecule has 1 fully saturated rings. The fraction of sp³-hybridized carbons (Fsp3) is 0.333. The molecule has 0 radical (unpaired) electrons. The second-order valence-electron chi connectivity index (χ2n) is 6.26. The fourth-order valence-corrected chi connectivity index (χ4v) is 3.20. The zero-order chi connectivity index (χ0) is 17.9. The van der Waals surface area contributed by atoms with Crippen molar-refractivity contribution < 1.29 is 9.18 Å². The highest BCUT2D eigenvalue weighted by Crippen LogP contribution is 2.25. The summed E-state index contributed by atoms with van der Waals surface area (Å²) >= 11 is 0. The van der Waals surface area contributed by atoms with Gasteiger partial charge in [0.05, 0.1) is 18.1 Å². The van der Waals surface area contributed by atoms with Crippen LogP contribution < -0.4 is 10.2 Å². The van der Waals surface area contributed by atoms with Gasteiger partial charge in [0.1, 0.15) is 18.0 Å². The number of amides is 1. The quantitative estimate of drug-likeness (QED) is 0.758. The Morgan fingerprint density at radius 1 is 1.15 bits per heavy atom. The van der Waals surface area contributed by atoms with Gasteiger partial charge in [-0.25, -0.2) is 19.0 Å². The van der Waals surface area contributed by atoms with E-state index < -0.39 is 0 Å². The molecule has 0 unspecified atom stereocenters. The van der Waals surface area contributed by atoms with Crippen LogP contribution in [0.3, 0.4) is 0 Å². The standard InChI is InChI=1S/C18H19FN6O/c19-14-5-3-13(4-6-14)18(26)20-7-10-25-17-15(11-23-25)16(21-12-22-17)24-8-1-2-9-24/h3-6,11-12H,1-2,7-10H2,(H,20,26). The lowest BCUT2D eigenvalue weighted by Crippen LogP contribution is -2.27. The van der Waals surface area contributed by atoms with Crippen LogP contribution in [0.5, 0.6) is 0 Å². The third kappa shape index (κ3) is 3.22. The van der Waals surface area contributed by atoms with E-state index in [9.17, 15) is 9.18 Å². The maximum absolute atomic E-state index is 12.9. The molecule has 0 atom stereocenters. The predicted molar refractivity (Wildman–Crippen MR) is 95.5 cm³/mol. The van der Waals surface area contributed by atoms with E-state index >= 15 is 0 Å². The Morgan fingerprint density at radius 3 is 2.69 bits per heavy atom. The van der Waals surface area contributed by atoms with E-state index in [1.807, 2.05) is 0 Å². The van der Waals surface area contributed by atoms with Crippen LogP contribution in [0.15, 0.2) is 36.8 Å². The number of carbonyl (C=O) groups is 1. The Bertz CT molecular complexity index is 917. The molecular formula is C18H19FN6O. The number of hydrogen-bond donors (Lipinski definition) is 1. The van der Waals surface area contributed by atoms with Crippen molar-refractivity contribution in [3.63, 3.8) is 0 Å².